The second kappa shape index (κ2) is 8.42. The number of amides is 1. The summed E-state index contributed by atoms with van der Waals surface area (Å²) in [7, 11) is 3.31. The van der Waals surface area contributed by atoms with Crippen LogP contribution in [0.3, 0.4) is 0 Å². The Morgan fingerprint density at radius 3 is 1.78 bits per heavy atom. The van der Waals surface area contributed by atoms with Gasteiger partial charge in [-0.3, -0.25) is 4.79 Å². The monoisotopic (exact) mass is 426 g/mol. The van der Waals surface area contributed by atoms with Gasteiger partial charge < -0.3 is 19.3 Å². The van der Waals surface area contributed by atoms with Gasteiger partial charge in [-0.2, -0.15) is 0 Å². The molecule has 0 aromatic heterocycles. The van der Waals surface area contributed by atoms with Crippen molar-refractivity contribution < 1.29 is 14.3 Å². The molecule has 4 aromatic rings. The zero-order chi connectivity index (χ0) is 22.1. The van der Waals surface area contributed by atoms with E-state index in [1.807, 2.05) is 59.5 Å². The van der Waals surface area contributed by atoms with Crippen molar-refractivity contribution in [3.63, 3.8) is 0 Å². The fourth-order valence-corrected chi connectivity index (χ4v) is 4.54. The zero-order valence-corrected chi connectivity index (χ0v) is 18.4. The van der Waals surface area contributed by atoms with Crippen LogP contribution in [0.15, 0.2) is 72.8 Å². The number of piperazine rings is 1. The quantitative estimate of drug-likeness (QED) is 0.432. The molecular weight excluding hydrogens is 400 g/mol. The first-order valence-electron chi connectivity index (χ1n) is 10.9. The molecule has 0 spiro atoms. The number of fused-ring (bicyclic) bond motifs is 2. The minimum Gasteiger partial charge on any atom is -0.497 e. The second-order valence-electron chi connectivity index (χ2n) is 8.04. The Labute approximate surface area is 187 Å². The Hall–Kier alpha value is -3.73. The Morgan fingerprint density at radius 2 is 1.25 bits per heavy atom. The number of hydrogen-bond donors (Lipinski definition) is 0. The summed E-state index contributed by atoms with van der Waals surface area (Å²) in [4.78, 5) is 18.0. The molecule has 1 fully saturated rings. The minimum atomic E-state index is 0.0980. The third-order valence-corrected chi connectivity index (χ3v) is 6.25. The fraction of sp³-hybridized carbons (Fsp3) is 0.222. The summed E-state index contributed by atoms with van der Waals surface area (Å²) in [5, 5.41) is 4.21. The molecular formula is C27H26N2O3. The highest BCUT2D eigenvalue weighted by atomic mass is 16.5. The Morgan fingerprint density at radius 1 is 0.719 bits per heavy atom. The van der Waals surface area contributed by atoms with Gasteiger partial charge >= 0.3 is 0 Å². The second-order valence-corrected chi connectivity index (χ2v) is 8.04. The maximum absolute atomic E-state index is 13.7. The van der Waals surface area contributed by atoms with Crippen molar-refractivity contribution in [2.24, 2.45) is 0 Å². The standard InChI is InChI=1S/C27H26N2O3/c1-31-22-16-21(17-23(18-22)32-2)28-11-13-29(14-12-28)27(30)26-24-9-5-3-7-19(24)15-20-8-4-6-10-25(20)26/h3-10,15-18H,11-14H2,1-2H3. The molecule has 0 saturated carbocycles. The number of nitrogens with zero attached hydrogens (tertiary/aromatic N) is 2. The highest BCUT2D eigenvalue weighted by Gasteiger charge is 2.25. The average molecular weight is 427 g/mol. The van der Waals surface area contributed by atoms with E-state index in [0.29, 0.717) is 13.1 Å². The number of rotatable bonds is 4. The Kier molecular flexibility index (Phi) is 5.31. The van der Waals surface area contributed by atoms with Crippen LogP contribution in [0.5, 0.6) is 11.5 Å². The number of methoxy groups -OCH3 is 2. The molecule has 0 aliphatic carbocycles. The number of hydrogen-bond acceptors (Lipinski definition) is 4. The lowest BCUT2D eigenvalue weighted by molar-refractivity contribution is 0.0750. The first-order valence-corrected chi connectivity index (χ1v) is 10.9. The van der Waals surface area contributed by atoms with Gasteiger partial charge in [-0.25, -0.2) is 0 Å². The van der Waals surface area contributed by atoms with Crippen molar-refractivity contribution in [3.05, 3.63) is 78.4 Å². The predicted octanol–water partition coefficient (Wildman–Crippen LogP) is 4.97. The summed E-state index contributed by atoms with van der Waals surface area (Å²) in [6.07, 6.45) is 0. The molecule has 0 atom stereocenters. The molecule has 4 aromatic carbocycles. The van der Waals surface area contributed by atoms with Crippen LogP contribution in [0.1, 0.15) is 10.4 Å². The van der Waals surface area contributed by atoms with Crippen molar-refractivity contribution >= 4 is 33.1 Å². The van der Waals surface area contributed by atoms with Crippen LogP contribution in [-0.2, 0) is 0 Å². The summed E-state index contributed by atoms with van der Waals surface area (Å²) >= 11 is 0. The lowest BCUT2D eigenvalue weighted by Gasteiger charge is -2.36. The molecule has 32 heavy (non-hydrogen) atoms. The summed E-state index contributed by atoms with van der Waals surface area (Å²) < 4.78 is 10.8. The molecule has 1 heterocycles. The summed E-state index contributed by atoms with van der Waals surface area (Å²) in [5.74, 6) is 1.63. The van der Waals surface area contributed by atoms with Crippen LogP contribution in [0, 0.1) is 0 Å². The van der Waals surface area contributed by atoms with Crippen molar-refractivity contribution in [1.29, 1.82) is 0 Å². The summed E-state index contributed by atoms with van der Waals surface area (Å²) in [6.45, 7) is 2.83. The molecule has 1 aliphatic heterocycles. The van der Waals surface area contributed by atoms with E-state index in [1.54, 1.807) is 14.2 Å². The Balaban J connectivity index is 1.43. The van der Waals surface area contributed by atoms with Crippen LogP contribution in [0.25, 0.3) is 21.5 Å². The normalized spacial score (nSPS) is 14.1. The SMILES string of the molecule is COc1cc(OC)cc(N2CCN(C(=O)c3c4ccccc4cc4ccccc34)CC2)c1. The van der Waals surface area contributed by atoms with Gasteiger partial charge in [0.15, 0.2) is 0 Å². The molecule has 5 rings (SSSR count). The topological polar surface area (TPSA) is 42.0 Å². The Bertz CT molecular complexity index is 1220. The van der Waals surface area contributed by atoms with Crippen molar-refractivity contribution in [3.8, 4) is 11.5 Å². The highest BCUT2D eigenvalue weighted by Crippen LogP contribution is 2.31. The smallest absolute Gasteiger partial charge is 0.255 e. The molecule has 0 bridgehead atoms. The summed E-state index contributed by atoms with van der Waals surface area (Å²) in [6, 6.07) is 24.4. The molecule has 1 amide bonds. The van der Waals surface area contributed by atoms with E-state index in [-0.39, 0.29) is 5.91 Å². The van der Waals surface area contributed by atoms with E-state index < -0.39 is 0 Å². The average Bonchev–Trinajstić information content (AvgIpc) is 2.86. The zero-order valence-electron chi connectivity index (χ0n) is 18.4. The van der Waals surface area contributed by atoms with E-state index in [4.69, 9.17) is 9.47 Å². The lowest BCUT2D eigenvalue weighted by atomic mass is 9.95. The first kappa shape index (κ1) is 20.2. The van der Waals surface area contributed by atoms with Crippen molar-refractivity contribution in [2.45, 2.75) is 0 Å². The van der Waals surface area contributed by atoms with Crippen LogP contribution in [-0.4, -0.2) is 51.2 Å². The lowest BCUT2D eigenvalue weighted by Crippen LogP contribution is -2.48. The van der Waals surface area contributed by atoms with Gasteiger partial charge in [-0.05, 0) is 27.6 Å². The van der Waals surface area contributed by atoms with Gasteiger partial charge in [-0.1, -0.05) is 48.5 Å². The van der Waals surface area contributed by atoms with Crippen LogP contribution < -0.4 is 14.4 Å². The molecule has 1 saturated heterocycles. The van der Waals surface area contributed by atoms with Crippen LogP contribution in [0.4, 0.5) is 5.69 Å². The molecule has 0 unspecified atom stereocenters. The number of carbonyl (C=O) groups is 1. The maximum atomic E-state index is 13.7. The number of anilines is 1. The van der Waals surface area contributed by atoms with E-state index in [0.717, 1.165) is 57.4 Å². The van der Waals surface area contributed by atoms with E-state index in [1.165, 1.54) is 0 Å². The molecule has 5 nitrogen and oxygen atoms in total. The molecule has 0 radical (unpaired) electrons. The number of carbonyl (C=O) groups excluding carboxylic acids is 1. The number of benzene rings is 4. The van der Waals surface area contributed by atoms with Gasteiger partial charge in [0.05, 0.1) is 19.8 Å². The third-order valence-electron chi connectivity index (χ3n) is 6.25. The molecule has 5 heteroatoms. The maximum Gasteiger partial charge on any atom is 0.255 e. The van der Waals surface area contributed by atoms with Gasteiger partial charge in [0.2, 0.25) is 0 Å². The van der Waals surface area contributed by atoms with Gasteiger partial charge in [0.25, 0.3) is 5.91 Å². The number of ether oxygens (including phenoxy) is 2. The van der Waals surface area contributed by atoms with Gasteiger partial charge in [0.1, 0.15) is 11.5 Å². The van der Waals surface area contributed by atoms with Crippen molar-refractivity contribution in [1.82, 2.24) is 4.90 Å². The molecule has 1 aliphatic rings. The third kappa shape index (κ3) is 3.60. The van der Waals surface area contributed by atoms with E-state index in [9.17, 15) is 4.79 Å². The fourth-order valence-electron chi connectivity index (χ4n) is 4.54. The van der Waals surface area contributed by atoms with Crippen molar-refractivity contribution in [2.75, 3.05) is 45.3 Å². The van der Waals surface area contributed by atoms with Gasteiger partial charge in [0, 0.05) is 50.1 Å². The van der Waals surface area contributed by atoms with Gasteiger partial charge in [-0.15, -0.1) is 0 Å². The molecule has 162 valence electrons. The van der Waals surface area contributed by atoms with Crippen LogP contribution in [0.2, 0.25) is 0 Å². The predicted molar refractivity (Wildman–Crippen MR) is 129 cm³/mol. The van der Waals surface area contributed by atoms with E-state index in [2.05, 4.69) is 23.1 Å². The van der Waals surface area contributed by atoms with E-state index >= 15 is 0 Å². The largest absolute Gasteiger partial charge is 0.497 e. The van der Waals surface area contributed by atoms with Crippen LogP contribution >= 0.6 is 0 Å². The first-order chi connectivity index (χ1) is 15.7. The minimum absolute atomic E-state index is 0.0980. The summed E-state index contributed by atoms with van der Waals surface area (Å²) in [5.41, 5.74) is 1.85. The highest BCUT2D eigenvalue weighted by molar-refractivity contribution is 6.18. The molecule has 0 N–H and O–H groups in total.